The predicted octanol–water partition coefficient (Wildman–Crippen LogP) is 3.79. The molecule has 0 aromatic carbocycles. The zero-order valence-corrected chi connectivity index (χ0v) is 14.4. The van der Waals surface area contributed by atoms with E-state index in [9.17, 15) is 18.0 Å². The summed E-state index contributed by atoms with van der Waals surface area (Å²) in [7, 11) is 0. The molecule has 0 fully saturated rings. The average Bonchev–Trinajstić information content (AvgIpc) is 2.79. The average molecular weight is 408 g/mol. The fourth-order valence-electron chi connectivity index (χ4n) is 1.58. The first-order valence-electron chi connectivity index (χ1n) is 6.62. The van der Waals surface area contributed by atoms with Crippen LogP contribution in [-0.2, 0) is 10.9 Å². The number of carbonyl (C=O) groups is 1. The topological polar surface area (TPSA) is 81.9 Å². The number of alkyl halides is 3. The molecule has 0 spiro atoms. The van der Waals surface area contributed by atoms with Crippen molar-refractivity contribution in [2.45, 2.75) is 32.5 Å². The van der Waals surface area contributed by atoms with E-state index in [2.05, 4.69) is 36.5 Å². The number of rotatable bonds is 2. The number of ether oxygens (including phenoxy) is 1. The van der Waals surface area contributed by atoms with Gasteiger partial charge in [-0.25, -0.2) is 9.48 Å². The number of anilines is 1. The Labute approximate surface area is 143 Å². The summed E-state index contributed by atoms with van der Waals surface area (Å²) in [6.45, 7) is 5.11. The zero-order valence-electron chi connectivity index (χ0n) is 12.8. The summed E-state index contributed by atoms with van der Waals surface area (Å²) < 4.78 is 43.9. The summed E-state index contributed by atoms with van der Waals surface area (Å²) >= 11 is 2.80. The third kappa shape index (κ3) is 4.66. The Balaban J connectivity index is 2.14. The third-order valence-corrected chi connectivity index (χ3v) is 3.03. The lowest BCUT2D eigenvalue weighted by molar-refractivity contribution is -0.141. The Hall–Kier alpha value is -2.17. The van der Waals surface area contributed by atoms with Crippen LogP contribution in [-0.4, -0.2) is 31.7 Å². The maximum atomic E-state index is 12.7. The van der Waals surface area contributed by atoms with Crippen LogP contribution in [0.15, 0.2) is 22.8 Å². The number of aromatic nitrogens is 4. The highest BCUT2D eigenvalue weighted by Crippen LogP contribution is 2.33. The van der Waals surface area contributed by atoms with E-state index in [0.717, 1.165) is 10.9 Å². The van der Waals surface area contributed by atoms with E-state index in [1.807, 2.05) is 0 Å². The molecular weight excluding hydrogens is 395 g/mol. The van der Waals surface area contributed by atoms with Crippen molar-refractivity contribution in [3.05, 3.63) is 28.5 Å². The Morgan fingerprint density at radius 2 is 1.92 bits per heavy atom. The van der Waals surface area contributed by atoms with Crippen LogP contribution in [0, 0.1) is 0 Å². The summed E-state index contributed by atoms with van der Waals surface area (Å²) in [5.74, 6) is 0.149. The molecule has 0 aliphatic heterocycles. The molecule has 2 aromatic heterocycles. The molecule has 7 nitrogen and oxygen atoms in total. The fraction of sp³-hybridized carbons (Fsp3) is 0.385. The quantitative estimate of drug-likeness (QED) is 0.818. The minimum absolute atomic E-state index is 0.0564. The maximum Gasteiger partial charge on any atom is 0.436 e. The van der Waals surface area contributed by atoms with Gasteiger partial charge in [0.05, 0.1) is 4.47 Å². The molecule has 0 atom stereocenters. The molecular formula is C13H13BrF3N5O2. The zero-order chi connectivity index (χ0) is 18.1. The molecule has 2 heterocycles. The monoisotopic (exact) mass is 407 g/mol. The van der Waals surface area contributed by atoms with Crippen LogP contribution in [0.4, 0.5) is 23.8 Å². The van der Waals surface area contributed by atoms with Crippen LogP contribution in [0.3, 0.4) is 0 Å². The SMILES string of the molecule is CC(C)(C)OC(=O)Nc1ccc(-n2cc(Br)c(C(F)(F)F)n2)nn1. The first kappa shape index (κ1) is 18.2. The lowest BCUT2D eigenvalue weighted by atomic mass is 10.2. The summed E-state index contributed by atoms with van der Waals surface area (Å²) in [5.41, 5.74) is -1.74. The molecule has 0 aliphatic rings. The van der Waals surface area contributed by atoms with E-state index in [4.69, 9.17) is 4.74 Å². The van der Waals surface area contributed by atoms with Crippen LogP contribution < -0.4 is 5.32 Å². The minimum Gasteiger partial charge on any atom is -0.444 e. The molecule has 2 aromatic rings. The van der Waals surface area contributed by atoms with Crippen LogP contribution >= 0.6 is 15.9 Å². The Bertz CT molecular complexity index is 738. The molecule has 0 saturated heterocycles. The molecule has 0 radical (unpaired) electrons. The van der Waals surface area contributed by atoms with E-state index < -0.39 is 23.6 Å². The highest BCUT2D eigenvalue weighted by Gasteiger charge is 2.36. The first-order chi connectivity index (χ1) is 11.0. The van der Waals surface area contributed by atoms with Gasteiger partial charge >= 0.3 is 12.3 Å². The number of hydrogen-bond donors (Lipinski definition) is 1. The fourth-order valence-corrected chi connectivity index (χ4v) is 2.08. The van der Waals surface area contributed by atoms with Crippen LogP contribution in [0.1, 0.15) is 26.5 Å². The van der Waals surface area contributed by atoms with Gasteiger partial charge in [-0.3, -0.25) is 5.32 Å². The van der Waals surface area contributed by atoms with Crippen LogP contribution in [0.25, 0.3) is 5.82 Å². The lowest BCUT2D eigenvalue weighted by Gasteiger charge is -2.19. The maximum absolute atomic E-state index is 12.7. The van der Waals surface area contributed by atoms with Gasteiger partial charge in [0.25, 0.3) is 0 Å². The number of nitrogens with zero attached hydrogens (tertiary/aromatic N) is 4. The predicted molar refractivity (Wildman–Crippen MR) is 81.7 cm³/mol. The van der Waals surface area contributed by atoms with E-state index in [1.165, 1.54) is 12.1 Å². The molecule has 0 bridgehead atoms. The standard InChI is InChI=1S/C13H13BrF3N5O2/c1-12(2,3)24-11(23)18-8-4-5-9(20-19-8)22-6-7(14)10(21-22)13(15,16)17/h4-6H,1-3H3,(H,18,19,23). The molecule has 1 amide bonds. The van der Waals surface area contributed by atoms with Gasteiger partial charge in [0.2, 0.25) is 0 Å². The lowest BCUT2D eigenvalue weighted by Crippen LogP contribution is -2.27. The molecule has 24 heavy (non-hydrogen) atoms. The van der Waals surface area contributed by atoms with Crippen molar-refractivity contribution in [2.24, 2.45) is 0 Å². The number of carbonyl (C=O) groups excluding carboxylic acids is 1. The molecule has 0 aliphatic carbocycles. The largest absolute Gasteiger partial charge is 0.444 e. The first-order valence-corrected chi connectivity index (χ1v) is 7.41. The van der Waals surface area contributed by atoms with E-state index in [-0.39, 0.29) is 16.1 Å². The van der Waals surface area contributed by atoms with Crippen molar-refractivity contribution in [3.63, 3.8) is 0 Å². The Kier molecular flexibility index (Phi) is 4.83. The second kappa shape index (κ2) is 6.38. The number of halogens is 4. The van der Waals surface area contributed by atoms with Crippen LogP contribution in [0.2, 0.25) is 0 Å². The Morgan fingerprint density at radius 1 is 1.25 bits per heavy atom. The molecule has 2 rings (SSSR count). The molecule has 130 valence electrons. The van der Waals surface area contributed by atoms with Crippen molar-refractivity contribution in [2.75, 3.05) is 5.32 Å². The van der Waals surface area contributed by atoms with Gasteiger partial charge in [-0.15, -0.1) is 10.2 Å². The third-order valence-electron chi connectivity index (χ3n) is 2.45. The van der Waals surface area contributed by atoms with Gasteiger partial charge in [-0.05, 0) is 48.8 Å². The molecule has 11 heteroatoms. The van der Waals surface area contributed by atoms with Crippen LogP contribution in [0.5, 0.6) is 0 Å². The summed E-state index contributed by atoms with van der Waals surface area (Å²) in [6, 6.07) is 2.73. The number of nitrogens with one attached hydrogen (secondary N) is 1. The van der Waals surface area contributed by atoms with Crippen molar-refractivity contribution >= 4 is 27.8 Å². The van der Waals surface area contributed by atoms with Gasteiger partial charge in [0, 0.05) is 6.20 Å². The van der Waals surface area contributed by atoms with Gasteiger partial charge < -0.3 is 4.74 Å². The van der Waals surface area contributed by atoms with Gasteiger partial charge in [-0.2, -0.15) is 18.3 Å². The molecule has 0 saturated carbocycles. The van der Waals surface area contributed by atoms with E-state index in [0.29, 0.717) is 0 Å². The summed E-state index contributed by atoms with van der Waals surface area (Å²) in [4.78, 5) is 11.6. The highest BCUT2D eigenvalue weighted by molar-refractivity contribution is 9.10. The van der Waals surface area contributed by atoms with Crippen molar-refractivity contribution in [3.8, 4) is 5.82 Å². The normalized spacial score (nSPS) is 12.1. The van der Waals surface area contributed by atoms with Crippen molar-refractivity contribution < 1.29 is 22.7 Å². The summed E-state index contributed by atoms with van der Waals surface area (Å²) in [6.07, 6.45) is -4.19. The molecule has 1 N–H and O–H groups in total. The minimum atomic E-state index is -4.59. The van der Waals surface area contributed by atoms with E-state index >= 15 is 0 Å². The van der Waals surface area contributed by atoms with Crippen molar-refractivity contribution in [1.82, 2.24) is 20.0 Å². The highest BCUT2D eigenvalue weighted by atomic mass is 79.9. The van der Waals surface area contributed by atoms with E-state index in [1.54, 1.807) is 20.8 Å². The number of amides is 1. The van der Waals surface area contributed by atoms with Gasteiger partial charge in [0.15, 0.2) is 17.3 Å². The van der Waals surface area contributed by atoms with Gasteiger partial charge in [-0.1, -0.05) is 0 Å². The Morgan fingerprint density at radius 3 is 2.38 bits per heavy atom. The second-order valence-electron chi connectivity index (χ2n) is 5.67. The molecule has 0 unspecified atom stereocenters. The number of hydrogen-bond acceptors (Lipinski definition) is 5. The second-order valence-corrected chi connectivity index (χ2v) is 6.53. The smallest absolute Gasteiger partial charge is 0.436 e. The van der Waals surface area contributed by atoms with Gasteiger partial charge in [0.1, 0.15) is 5.60 Å². The summed E-state index contributed by atoms with van der Waals surface area (Å²) in [5, 5.41) is 13.2. The van der Waals surface area contributed by atoms with Crippen molar-refractivity contribution in [1.29, 1.82) is 0 Å².